The van der Waals surface area contributed by atoms with Crippen molar-refractivity contribution >= 4 is 5.91 Å². The number of hydrogen-bond donors (Lipinski definition) is 1. The Morgan fingerprint density at radius 3 is 2.30 bits per heavy atom. The first-order valence-electron chi connectivity index (χ1n) is 8.09. The van der Waals surface area contributed by atoms with E-state index in [4.69, 9.17) is 0 Å². The SMILES string of the molecule is O=C(NCc1ccccc1)C1=CCCN(Cc2ccccc2)C1. The summed E-state index contributed by atoms with van der Waals surface area (Å²) in [7, 11) is 0. The predicted octanol–water partition coefficient (Wildman–Crippen LogP) is 3.14. The van der Waals surface area contributed by atoms with Crippen molar-refractivity contribution in [2.75, 3.05) is 13.1 Å². The molecule has 0 fully saturated rings. The van der Waals surface area contributed by atoms with Crippen molar-refractivity contribution in [3.63, 3.8) is 0 Å². The Balaban J connectivity index is 1.53. The van der Waals surface area contributed by atoms with Crippen LogP contribution in [-0.4, -0.2) is 23.9 Å². The molecule has 2 aromatic carbocycles. The lowest BCUT2D eigenvalue weighted by Gasteiger charge is -2.26. The molecule has 0 bridgehead atoms. The first kappa shape index (κ1) is 15.5. The van der Waals surface area contributed by atoms with Crippen LogP contribution in [0.2, 0.25) is 0 Å². The number of nitrogens with zero attached hydrogens (tertiary/aromatic N) is 1. The highest BCUT2D eigenvalue weighted by Gasteiger charge is 2.17. The standard InChI is InChI=1S/C20H22N2O/c23-20(21-14-17-8-3-1-4-9-17)19-12-7-13-22(16-19)15-18-10-5-2-6-11-18/h1-6,8-12H,7,13-16H2,(H,21,23). The molecule has 0 spiro atoms. The summed E-state index contributed by atoms with van der Waals surface area (Å²) < 4.78 is 0. The highest BCUT2D eigenvalue weighted by atomic mass is 16.1. The van der Waals surface area contributed by atoms with E-state index in [9.17, 15) is 4.79 Å². The third-order valence-electron chi connectivity index (χ3n) is 4.07. The summed E-state index contributed by atoms with van der Waals surface area (Å²) in [4.78, 5) is 14.7. The zero-order valence-electron chi connectivity index (χ0n) is 13.2. The second kappa shape index (κ2) is 7.75. The third-order valence-corrected chi connectivity index (χ3v) is 4.07. The van der Waals surface area contributed by atoms with Crippen LogP contribution in [0.4, 0.5) is 0 Å². The van der Waals surface area contributed by atoms with Crippen molar-refractivity contribution in [2.24, 2.45) is 0 Å². The maximum Gasteiger partial charge on any atom is 0.248 e. The Kier molecular flexibility index (Phi) is 5.22. The van der Waals surface area contributed by atoms with Gasteiger partial charge in [0.25, 0.3) is 0 Å². The van der Waals surface area contributed by atoms with Crippen LogP contribution in [0, 0.1) is 0 Å². The van der Waals surface area contributed by atoms with E-state index in [2.05, 4.69) is 40.6 Å². The van der Waals surface area contributed by atoms with E-state index >= 15 is 0 Å². The molecular weight excluding hydrogens is 284 g/mol. The van der Waals surface area contributed by atoms with Gasteiger partial charge in [-0.15, -0.1) is 0 Å². The van der Waals surface area contributed by atoms with E-state index in [1.54, 1.807) is 0 Å². The van der Waals surface area contributed by atoms with Gasteiger partial charge >= 0.3 is 0 Å². The highest BCUT2D eigenvalue weighted by Crippen LogP contribution is 2.13. The predicted molar refractivity (Wildman–Crippen MR) is 92.7 cm³/mol. The van der Waals surface area contributed by atoms with Crippen molar-refractivity contribution in [2.45, 2.75) is 19.5 Å². The van der Waals surface area contributed by atoms with E-state index in [-0.39, 0.29) is 5.91 Å². The molecule has 23 heavy (non-hydrogen) atoms. The molecule has 3 nitrogen and oxygen atoms in total. The molecule has 1 heterocycles. The van der Waals surface area contributed by atoms with Crippen LogP contribution in [0.5, 0.6) is 0 Å². The average molecular weight is 306 g/mol. The minimum atomic E-state index is 0.0478. The zero-order valence-corrected chi connectivity index (χ0v) is 13.2. The Morgan fingerprint density at radius 1 is 0.957 bits per heavy atom. The summed E-state index contributed by atoms with van der Waals surface area (Å²) in [5.41, 5.74) is 3.29. The second-order valence-corrected chi connectivity index (χ2v) is 5.88. The molecule has 1 aliphatic heterocycles. The van der Waals surface area contributed by atoms with Crippen LogP contribution >= 0.6 is 0 Å². The van der Waals surface area contributed by atoms with Gasteiger partial charge in [0, 0.05) is 31.8 Å². The Morgan fingerprint density at radius 2 is 1.61 bits per heavy atom. The first-order valence-corrected chi connectivity index (χ1v) is 8.09. The van der Waals surface area contributed by atoms with Crippen LogP contribution in [-0.2, 0) is 17.9 Å². The van der Waals surface area contributed by atoms with Gasteiger partial charge in [-0.25, -0.2) is 0 Å². The first-order chi connectivity index (χ1) is 11.3. The smallest absolute Gasteiger partial charge is 0.248 e. The summed E-state index contributed by atoms with van der Waals surface area (Å²) in [5.74, 6) is 0.0478. The van der Waals surface area contributed by atoms with Crippen LogP contribution < -0.4 is 5.32 Å². The molecule has 3 heteroatoms. The highest BCUT2D eigenvalue weighted by molar-refractivity contribution is 5.93. The van der Waals surface area contributed by atoms with Gasteiger partial charge in [-0.3, -0.25) is 9.69 Å². The average Bonchev–Trinajstić information content (AvgIpc) is 2.62. The Labute approximate surface area is 137 Å². The van der Waals surface area contributed by atoms with Gasteiger partial charge in [0.05, 0.1) is 0 Å². The number of benzene rings is 2. The summed E-state index contributed by atoms with van der Waals surface area (Å²) in [6.07, 6.45) is 3.00. The maximum absolute atomic E-state index is 12.4. The van der Waals surface area contributed by atoms with E-state index in [1.165, 1.54) is 5.56 Å². The molecular formula is C20H22N2O. The van der Waals surface area contributed by atoms with Crippen molar-refractivity contribution < 1.29 is 4.79 Å². The number of amides is 1. The van der Waals surface area contributed by atoms with E-state index in [0.29, 0.717) is 6.54 Å². The summed E-state index contributed by atoms with van der Waals surface area (Å²) in [6.45, 7) is 3.19. The molecule has 0 aliphatic carbocycles. The summed E-state index contributed by atoms with van der Waals surface area (Å²) in [6, 6.07) is 20.4. The lowest BCUT2D eigenvalue weighted by molar-refractivity contribution is -0.118. The Hall–Kier alpha value is -2.39. The zero-order chi connectivity index (χ0) is 15.9. The molecule has 0 atom stereocenters. The van der Waals surface area contributed by atoms with E-state index in [0.717, 1.165) is 37.2 Å². The third kappa shape index (κ3) is 4.54. The number of carbonyl (C=O) groups is 1. The van der Waals surface area contributed by atoms with Crippen molar-refractivity contribution in [3.05, 3.63) is 83.4 Å². The van der Waals surface area contributed by atoms with Crippen molar-refractivity contribution in [1.29, 1.82) is 0 Å². The van der Waals surface area contributed by atoms with Crippen LogP contribution in [0.1, 0.15) is 17.5 Å². The monoisotopic (exact) mass is 306 g/mol. The van der Waals surface area contributed by atoms with Crippen molar-refractivity contribution in [1.82, 2.24) is 10.2 Å². The fraction of sp³-hybridized carbons (Fsp3) is 0.250. The van der Waals surface area contributed by atoms with Crippen molar-refractivity contribution in [3.8, 4) is 0 Å². The van der Waals surface area contributed by atoms with Gasteiger partial charge in [0.1, 0.15) is 0 Å². The van der Waals surface area contributed by atoms with E-state index in [1.807, 2.05) is 36.4 Å². The number of rotatable bonds is 5. The van der Waals surface area contributed by atoms with Crippen LogP contribution in [0.25, 0.3) is 0 Å². The molecule has 2 aromatic rings. The lowest BCUT2D eigenvalue weighted by atomic mass is 10.1. The molecule has 1 N–H and O–H groups in total. The number of carbonyl (C=O) groups excluding carboxylic acids is 1. The quantitative estimate of drug-likeness (QED) is 0.920. The normalized spacial score (nSPS) is 15.0. The fourth-order valence-electron chi connectivity index (χ4n) is 2.84. The molecule has 3 rings (SSSR count). The molecule has 0 aromatic heterocycles. The molecule has 1 aliphatic rings. The van der Waals surface area contributed by atoms with Gasteiger partial charge in [-0.2, -0.15) is 0 Å². The van der Waals surface area contributed by atoms with Crippen LogP contribution in [0.3, 0.4) is 0 Å². The number of nitrogens with one attached hydrogen (secondary N) is 1. The lowest BCUT2D eigenvalue weighted by Crippen LogP contribution is -2.35. The van der Waals surface area contributed by atoms with Gasteiger partial charge in [0.15, 0.2) is 0 Å². The van der Waals surface area contributed by atoms with Crippen LogP contribution in [0.15, 0.2) is 72.3 Å². The van der Waals surface area contributed by atoms with E-state index < -0.39 is 0 Å². The molecule has 0 radical (unpaired) electrons. The summed E-state index contributed by atoms with van der Waals surface area (Å²) >= 11 is 0. The molecule has 0 saturated heterocycles. The summed E-state index contributed by atoms with van der Waals surface area (Å²) in [5, 5.41) is 3.02. The van der Waals surface area contributed by atoms with Gasteiger partial charge in [0.2, 0.25) is 5.91 Å². The minimum Gasteiger partial charge on any atom is -0.348 e. The second-order valence-electron chi connectivity index (χ2n) is 5.88. The topological polar surface area (TPSA) is 32.3 Å². The Bertz CT molecular complexity index is 665. The minimum absolute atomic E-state index is 0.0478. The molecule has 1 amide bonds. The molecule has 0 unspecified atom stereocenters. The number of hydrogen-bond acceptors (Lipinski definition) is 2. The molecule has 118 valence electrons. The largest absolute Gasteiger partial charge is 0.348 e. The molecule has 0 saturated carbocycles. The van der Waals surface area contributed by atoms with Gasteiger partial charge in [-0.1, -0.05) is 66.7 Å². The van der Waals surface area contributed by atoms with Gasteiger partial charge < -0.3 is 5.32 Å². The fourth-order valence-corrected chi connectivity index (χ4v) is 2.84. The van der Waals surface area contributed by atoms with Gasteiger partial charge in [-0.05, 0) is 17.5 Å². The maximum atomic E-state index is 12.4.